The largest absolute Gasteiger partial charge is 0.389 e. The first-order valence-corrected chi connectivity index (χ1v) is 5.95. The van der Waals surface area contributed by atoms with E-state index in [1.165, 1.54) is 0 Å². The van der Waals surface area contributed by atoms with Crippen LogP contribution in [0.3, 0.4) is 0 Å². The Labute approximate surface area is 107 Å². The lowest BCUT2D eigenvalue weighted by molar-refractivity contribution is -0.112. The Morgan fingerprint density at radius 2 is 1.94 bits per heavy atom. The summed E-state index contributed by atoms with van der Waals surface area (Å²) >= 11 is 0. The van der Waals surface area contributed by atoms with Gasteiger partial charge in [-0.15, -0.1) is 0 Å². The topological polar surface area (TPSA) is 41.9 Å². The molecule has 1 heterocycles. The zero-order chi connectivity index (χ0) is 13.5. The van der Waals surface area contributed by atoms with E-state index in [1.54, 1.807) is 11.9 Å². The molecule has 1 aliphatic rings. The molecule has 0 aromatic heterocycles. The van der Waals surface area contributed by atoms with Crippen LogP contribution in [-0.4, -0.2) is 24.3 Å². The van der Waals surface area contributed by atoms with Gasteiger partial charge >= 0.3 is 0 Å². The molecule has 0 aliphatic carbocycles. The van der Waals surface area contributed by atoms with Crippen LogP contribution in [0.25, 0.3) is 0 Å². The fraction of sp³-hybridized carbons (Fsp3) is 0.429. The lowest BCUT2D eigenvalue weighted by Gasteiger charge is -2.15. The summed E-state index contributed by atoms with van der Waals surface area (Å²) in [6.07, 6.45) is 0. The van der Waals surface area contributed by atoms with Crippen LogP contribution in [0, 0.1) is 6.92 Å². The van der Waals surface area contributed by atoms with E-state index in [0.29, 0.717) is 5.71 Å². The van der Waals surface area contributed by atoms with Gasteiger partial charge in [0.15, 0.2) is 5.71 Å². The molecule has 96 valence electrons. The molecule has 0 radical (unpaired) electrons. The van der Waals surface area contributed by atoms with Gasteiger partial charge in [-0.2, -0.15) is 0 Å². The van der Waals surface area contributed by atoms with E-state index >= 15 is 0 Å². The second-order valence-corrected chi connectivity index (χ2v) is 5.53. The van der Waals surface area contributed by atoms with Gasteiger partial charge in [-0.05, 0) is 39.8 Å². The summed E-state index contributed by atoms with van der Waals surface area (Å²) in [5.41, 5.74) is 2.79. The number of likely N-dealkylation sites (N-methyl/N-ethyl adjacent to an activating group) is 1. The number of anilines is 1. The van der Waals surface area contributed by atoms with Crippen LogP contribution in [0.4, 0.5) is 5.69 Å². The maximum absolute atomic E-state index is 12.1. The first kappa shape index (κ1) is 12.6. The van der Waals surface area contributed by atoms with Crippen molar-refractivity contribution in [1.82, 2.24) is 0 Å². The van der Waals surface area contributed by atoms with Crippen molar-refractivity contribution in [2.75, 3.05) is 11.9 Å². The minimum Gasteiger partial charge on any atom is -0.389 e. The SMILES string of the molecule is Cc1ccc2c(c1)/C(=N/OC(C)(C)C)C(=O)N2C. The van der Waals surface area contributed by atoms with Gasteiger partial charge in [-0.25, -0.2) is 0 Å². The molecular formula is C14H18N2O2. The number of nitrogens with zero attached hydrogens (tertiary/aromatic N) is 2. The number of aryl methyl sites for hydroxylation is 1. The van der Waals surface area contributed by atoms with Crippen molar-refractivity contribution in [3.63, 3.8) is 0 Å². The number of rotatable bonds is 1. The van der Waals surface area contributed by atoms with Crippen LogP contribution >= 0.6 is 0 Å². The molecule has 1 aromatic carbocycles. The molecule has 1 aromatic rings. The van der Waals surface area contributed by atoms with Crippen molar-refractivity contribution < 1.29 is 9.63 Å². The number of fused-ring (bicyclic) bond motifs is 1. The summed E-state index contributed by atoms with van der Waals surface area (Å²) in [6, 6.07) is 5.87. The van der Waals surface area contributed by atoms with Gasteiger partial charge in [-0.1, -0.05) is 16.8 Å². The predicted octanol–water partition coefficient (Wildman–Crippen LogP) is 2.49. The molecule has 0 unspecified atom stereocenters. The van der Waals surface area contributed by atoms with Gasteiger partial charge in [-0.3, -0.25) is 4.79 Å². The average Bonchev–Trinajstić information content (AvgIpc) is 2.48. The van der Waals surface area contributed by atoms with E-state index in [-0.39, 0.29) is 5.91 Å². The fourth-order valence-electron chi connectivity index (χ4n) is 1.79. The van der Waals surface area contributed by atoms with Crippen molar-refractivity contribution in [2.45, 2.75) is 33.3 Å². The Hall–Kier alpha value is -1.84. The average molecular weight is 246 g/mol. The number of carbonyl (C=O) groups is 1. The molecule has 1 aliphatic heterocycles. The minimum absolute atomic E-state index is 0.125. The van der Waals surface area contributed by atoms with E-state index < -0.39 is 5.60 Å². The van der Waals surface area contributed by atoms with E-state index in [4.69, 9.17) is 4.84 Å². The van der Waals surface area contributed by atoms with E-state index in [2.05, 4.69) is 5.16 Å². The molecule has 0 spiro atoms. The summed E-state index contributed by atoms with van der Waals surface area (Å²) in [7, 11) is 1.75. The van der Waals surface area contributed by atoms with Crippen molar-refractivity contribution in [2.24, 2.45) is 5.16 Å². The first-order valence-electron chi connectivity index (χ1n) is 5.95. The maximum atomic E-state index is 12.1. The van der Waals surface area contributed by atoms with Gasteiger partial charge < -0.3 is 9.74 Å². The predicted molar refractivity (Wildman–Crippen MR) is 72.0 cm³/mol. The molecule has 18 heavy (non-hydrogen) atoms. The Balaban J connectivity index is 2.45. The molecule has 0 saturated carbocycles. The summed E-state index contributed by atoms with van der Waals surface area (Å²) in [5, 5.41) is 4.03. The molecule has 4 nitrogen and oxygen atoms in total. The highest BCUT2D eigenvalue weighted by Gasteiger charge is 2.32. The van der Waals surface area contributed by atoms with Gasteiger partial charge in [0.05, 0.1) is 5.69 Å². The third-order valence-corrected chi connectivity index (χ3v) is 2.69. The highest BCUT2D eigenvalue weighted by Crippen LogP contribution is 2.29. The molecule has 0 saturated heterocycles. The fourth-order valence-corrected chi connectivity index (χ4v) is 1.79. The summed E-state index contributed by atoms with van der Waals surface area (Å²) < 4.78 is 0. The molecule has 0 fully saturated rings. The van der Waals surface area contributed by atoms with Crippen LogP contribution in [0.15, 0.2) is 23.4 Å². The lowest BCUT2D eigenvalue weighted by atomic mass is 10.1. The number of carbonyl (C=O) groups excluding carboxylic acids is 1. The number of hydrogen-bond acceptors (Lipinski definition) is 3. The van der Waals surface area contributed by atoms with E-state index in [9.17, 15) is 4.79 Å². The van der Waals surface area contributed by atoms with E-state index in [0.717, 1.165) is 16.8 Å². The van der Waals surface area contributed by atoms with Crippen molar-refractivity contribution in [1.29, 1.82) is 0 Å². The van der Waals surface area contributed by atoms with Crippen molar-refractivity contribution in [3.05, 3.63) is 29.3 Å². The highest BCUT2D eigenvalue weighted by atomic mass is 16.6. The maximum Gasteiger partial charge on any atom is 0.280 e. The smallest absolute Gasteiger partial charge is 0.280 e. The van der Waals surface area contributed by atoms with Gasteiger partial charge in [0.1, 0.15) is 5.60 Å². The monoisotopic (exact) mass is 246 g/mol. The molecule has 4 heteroatoms. The first-order chi connectivity index (χ1) is 8.29. The van der Waals surface area contributed by atoms with Crippen LogP contribution < -0.4 is 4.90 Å². The normalized spacial score (nSPS) is 17.3. The van der Waals surface area contributed by atoms with Crippen LogP contribution in [-0.2, 0) is 9.63 Å². The summed E-state index contributed by atoms with van der Waals surface area (Å²) in [6.45, 7) is 7.69. The van der Waals surface area contributed by atoms with Crippen LogP contribution in [0.2, 0.25) is 0 Å². The van der Waals surface area contributed by atoms with Gasteiger partial charge in [0.2, 0.25) is 0 Å². The standard InChI is InChI=1S/C14H18N2O2/c1-9-6-7-11-10(8-9)12(13(17)16(11)5)15-18-14(2,3)4/h6-8H,1-5H3/b15-12-. The summed E-state index contributed by atoms with van der Waals surface area (Å²) in [4.78, 5) is 19.1. The third kappa shape index (κ3) is 2.23. The zero-order valence-corrected chi connectivity index (χ0v) is 11.4. The second-order valence-electron chi connectivity index (χ2n) is 5.53. The minimum atomic E-state index is -0.404. The number of oxime groups is 1. The highest BCUT2D eigenvalue weighted by molar-refractivity contribution is 6.54. The molecule has 0 N–H and O–H groups in total. The molecule has 1 amide bonds. The Kier molecular flexibility index (Phi) is 2.89. The Morgan fingerprint density at radius 3 is 2.56 bits per heavy atom. The van der Waals surface area contributed by atoms with Gasteiger partial charge in [0.25, 0.3) is 5.91 Å². The number of hydrogen-bond donors (Lipinski definition) is 0. The zero-order valence-electron chi connectivity index (χ0n) is 11.4. The quantitative estimate of drug-likeness (QED) is 0.714. The second kappa shape index (κ2) is 4.12. The molecular weight excluding hydrogens is 228 g/mol. The van der Waals surface area contributed by atoms with Gasteiger partial charge in [0, 0.05) is 12.6 Å². The van der Waals surface area contributed by atoms with Crippen LogP contribution in [0.5, 0.6) is 0 Å². The van der Waals surface area contributed by atoms with E-state index in [1.807, 2.05) is 45.9 Å². The van der Waals surface area contributed by atoms with Crippen molar-refractivity contribution >= 4 is 17.3 Å². The molecule has 2 rings (SSSR count). The van der Waals surface area contributed by atoms with Crippen LogP contribution in [0.1, 0.15) is 31.9 Å². The number of amides is 1. The third-order valence-electron chi connectivity index (χ3n) is 2.69. The molecule has 0 bridgehead atoms. The van der Waals surface area contributed by atoms with Crippen molar-refractivity contribution in [3.8, 4) is 0 Å². The Morgan fingerprint density at radius 1 is 1.28 bits per heavy atom. The number of benzene rings is 1. The summed E-state index contributed by atoms with van der Waals surface area (Å²) in [5.74, 6) is -0.125. The Bertz CT molecular complexity index is 527. The molecule has 0 atom stereocenters. The lowest BCUT2D eigenvalue weighted by Crippen LogP contribution is -2.26.